The van der Waals surface area contributed by atoms with Crippen LogP contribution in [0.2, 0.25) is 0 Å². The number of rotatable bonds is 8. The van der Waals surface area contributed by atoms with Crippen molar-refractivity contribution in [2.24, 2.45) is 0 Å². The summed E-state index contributed by atoms with van der Waals surface area (Å²) >= 11 is 0. The molecule has 0 aliphatic carbocycles. The number of hydrogen-bond donors (Lipinski definition) is 3. The topological polar surface area (TPSA) is 62.6 Å². The Morgan fingerprint density at radius 3 is 2.43 bits per heavy atom. The van der Waals surface area contributed by atoms with Crippen molar-refractivity contribution in [1.29, 1.82) is 0 Å². The Hall–Kier alpha value is -1.88. The zero-order valence-corrected chi connectivity index (χ0v) is 18.1. The number of nitrogens with one attached hydrogen (secondary N) is 3. The van der Waals surface area contributed by atoms with Crippen molar-refractivity contribution in [2.45, 2.75) is 71.3 Å². The number of hydrogen-bond acceptors (Lipinski definition) is 2. The molecule has 1 fully saturated rings. The van der Waals surface area contributed by atoms with E-state index in [2.05, 4.69) is 38.3 Å². The van der Waals surface area contributed by atoms with Crippen LogP contribution in [0.4, 0.5) is 0 Å². The number of carbonyl (C=O) groups is 2. The van der Waals surface area contributed by atoms with Gasteiger partial charge in [-0.15, -0.1) is 0 Å². The summed E-state index contributed by atoms with van der Waals surface area (Å²) in [5.41, 5.74) is 1.90. The molecule has 5 nitrogen and oxygen atoms in total. The van der Waals surface area contributed by atoms with Gasteiger partial charge in [0.05, 0.1) is 19.1 Å². The lowest BCUT2D eigenvalue weighted by atomic mass is 9.87. The molecule has 1 aliphatic heterocycles. The molecule has 2 atom stereocenters. The summed E-state index contributed by atoms with van der Waals surface area (Å²) in [6, 6.07) is 8.43. The van der Waals surface area contributed by atoms with E-state index >= 15 is 0 Å². The lowest BCUT2D eigenvalue weighted by molar-refractivity contribution is -0.928. The molecule has 1 saturated heterocycles. The van der Waals surface area contributed by atoms with Crippen LogP contribution in [0.25, 0.3) is 0 Å². The number of carbonyl (C=O) groups excluding carboxylic acids is 2. The zero-order valence-electron chi connectivity index (χ0n) is 18.1. The molecule has 1 aromatic rings. The summed E-state index contributed by atoms with van der Waals surface area (Å²) in [6.45, 7) is 12.2. The fourth-order valence-corrected chi connectivity index (χ4v) is 3.77. The SMILES string of the molecule is C[C@@H]1CCCC[NH+]1CCCNC(=O)CCNC(=O)c1ccc(C(C)(C)C)cc1. The first-order chi connectivity index (χ1) is 13.3. The molecule has 1 unspecified atom stereocenters. The minimum absolute atomic E-state index is 0.00470. The molecular weight excluding hydrogens is 350 g/mol. The summed E-state index contributed by atoms with van der Waals surface area (Å²) in [4.78, 5) is 25.8. The summed E-state index contributed by atoms with van der Waals surface area (Å²) in [7, 11) is 0. The maximum Gasteiger partial charge on any atom is 0.251 e. The van der Waals surface area contributed by atoms with Crippen molar-refractivity contribution in [2.75, 3.05) is 26.2 Å². The molecule has 0 bridgehead atoms. The van der Waals surface area contributed by atoms with Gasteiger partial charge >= 0.3 is 0 Å². The third kappa shape index (κ3) is 7.27. The molecular formula is C23H38N3O2+. The van der Waals surface area contributed by atoms with Gasteiger partial charge in [-0.1, -0.05) is 32.9 Å². The van der Waals surface area contributed by atoms with Crippen LogP contribution in [-0.2, 0) is 10.2 Å². The van der Waals surface area contributed by atoms with Crippen LogP contribution in [-0.4, -0.2) is 44.0 Å². The van der Waals surface area contributed by atoms with Crippen LogP contribution < -0.4 is 15.5 Å². The molecule has 1 aliphatic rings. The van der Waals surface area contributed by atoms with Gasteiger partial charge in [0.25, 0.3) is 5.91 Å². The normalized spacial score (nSPS) is 19.9. The third-order valence-corrected chi connectivity index (χ3v) is 5.73. The first-order valence-corrected chi connectivity index (χ1v) is 10.8. The molecule has 156 valence electrons. The maximum absolute atomic E-state index is 12.2. The Morgan fingerprint density at radius 2 is 1.79 bits per heavy atom. The predicted octanol–water partition coefficient (Wildman–Crippen LogP) is 2.07. The first-order valence-electron chi connectivity index (χ1n) is 10.8. The van der Waals surface area contributed by atoms with Crippen LogP contribution in [0, 0.1) is 0 Å². The van der Waals surface area contributed by atoms with Gasteiger partial charge in [0.2, 0.25) is 5.91 Å². The average molecular weight is 389 g/mol. The number of quaternary nitrogens is 1. The van der Waals surface area contributed by atoms with Crippen molar-refractivity contribution in [3.8, 4) is 0 Å². The van der Waals surface area contributed by atoms with E-state index in [1.54, 1.807) is 4.90 Å². The maximum atomic E-state index is 12.2. The molecule has 2 amide bonds. The minimum Gasteiger partial charge on any atom is -0.356 e. The molecule has 1 heterocycles. The fourth-order valence-electron chi connectivity index (χ4n) is 3.77. The molecule has 28 heavy (non-hydrogen) atoms. The second-order valence-corrected chi connectivity index (χ2v) is 9.09. The molecule has 5 heteroatoms. The Morgan fingerprint density at radius 1 is 1.07 bits per heavy atom. The standard InChI is InChI=1S/C23H37N3O2/c1-18-8-5-6-16-26(18)17-7-14-24-21(27)13-15-25-22(28)19-9-11-20(12-10-19)23(2,3)4/h9-12,18H,5-8,13-17H2,1-4H3,(H,24,27)(H,25,28)/p+1/t18-/m1/s1. The number of likely N-dealkylation sites (tertiary alicyclic amines) is 1. The number of amides is 2. The van der Waals surface area contributed by atoms with Crippen LogP contribution >= 0.6 is 0 Å². The second-order valence-electron chi connectivity index (χ2n) is 9.09. The van der Waals surface area contributed by atoms with E-state index in [1.807, 2.05) is 24.3 Å². The highest BCUT2D eigenvalue weighted by atomic mass is 16.2. The van der Waals surface area contributed by atoms with E-state index in [4.69, 9.17) is 0 Å². The van der Waals surface area contributed by atoms with Gasteiger partial charge in [-0.05, 0) is 49.3 Å². The highest BCUT2D eigenvalue weighted by Crippen LogP contribution is 2.22. The Bertz CT molecular complexity index is 634. The largest absolute Gasteiger partial charge is 0.356 e. The van der Waals surface area contributed by atoms with Gasteiger partial charge in [-0.2, -0.15) is 0 Å². The van der Waals surface area contributed by atoms with Crippen molar-refractivity contribution in [3.63, 3.8) is 0 Å². The van der Waals surface area contributed by atoms with E-state index in [0.717, 1.165) is 25.6 Å². The summed E-state index contributed by atoms with van der Waals surface area (Å²) in [6.07, 6.45) is 5.33. The Labute approximate surface area is 170 Å². The van der Waals surface area contributed by atoms with Gasteiger partial charge in [0.15, 0.2) is 0 Å². The second kappa shape index (κ2) is 10.6. The Balaban J connectivity index is 1.60. The highest BCUT2D eigenvalue weighted by molar-refractivity contribution is 5.94. The smallest absolute Gasteiger partial charge is 0.251 e. The quantitative estimate of drug-likeness (QED) is 0.597. The van der Waals surface area contributed by atoms with Gasteiger partial charge in [-0.3, -0.25) is 9.59 Å². The van der Waals surface area contributed by atoms with E-state index in [1.165, 1.54) is 31.4 Å². The lowest BCUT2D eigenvalue weighted by Gasteiger charge is -2.30. The molecule has 2 rings (SSSR count). The highest BCUT2D eigenvalue weighted by Gasteiger charge is 2.21. The molecule has 0 radical (unpaired) electrons. The van der Waals surface area contributed by atoms with Crippen molar-refractivity contribution < 1.29 is 14.5 Å². The fraction of sp³-hybridized carbons (Fsp3) is 0.652. The van der Waals surface area contributed by atoms with Crippen molar-refractivity contribution in [1.82, 2.24) is 10.6 Å². The third-order valence-electron chi connectivity index (χ3n) is 5.73. The van der Waals surface area contributed by atoms with Crippen LogP contribution in [0.1, 0.15) is 75.7 Å². The number of piperidine rings is 1. The summed E-state index contributed by atoms with van der Waals surface area (Å²) < 4.78 is 0. The zero-order chi connectivity index (χ0) is 20.6. The van der Waals surface area contributed by atoms with Crippen LogP contribution in [0.3, 0.4) is 0 Å². The Kier molecular flexibility index (Phi) is 8.49. The lowest BCUT2D eigenvalue weighted by Crippen LogP contribution is -3.16. The van der Waals surface area contributed by atoms with Gasteiger partial charge < -0.3 is 15.5 Å². The van der Waals surface area contributed by atoms with Crippen molar-refractivity contribution >= 4 is 11.8 Å². The van der Waals surface area contributed by atoms with E-state index in [9.17, 15) is 9.59 Å². The summed E-state index contributed by atoms with van der Waals surface area (Å²) in [5, 5.41) is 5.80. The minimum atomic E-state index is -0.129. The average Bonchev–Trinajstić information content (AvgIpc) is 2.66. The van der Waals surface area contributed by atoms with Crippen molar-refractivity contribution in [3.05, 3.63) is 35.4 Å². The van der Waals surface area contributed by atoms with Gasteiger partial charge in [0, 0.05) is 31.5 Å². The number of benzene rings is 1. The molecule has 0 aromatic heterocycles. The monoisotopic (exact) mass is 388 g/mol. The van der Waals surface area contributed by atoms with E-state index in [-0.39, 0.29) is 17.2 Å². The van der Waals surface area contributed by atoms with E-state index < -0.39 is 0 Å². The van der Waals surface area contributed by atoms with Gasteiger partial charge in [-0.25, -0.2) is 0 Å². The van der Waals surface area contributed by atoms with Crippen LogP contribution in [0.15, 0.2) is 24.3 Å². The molecule has 0 saturated carbocycles. The first kappa shape index (κ1) is 22.4. The predicted molar refractivity (Wildman–Crippen MR) is 114 cm³/mol. The van der Waals surface area contributed by atoms with Gasteiger partial charge in [0.1, 0.15) is 0 Å². The van der Waals surface area contributed by atoms with E-state index in [0.29, 0.717) is 18.5 Å². The molecule has 3 N–H and O–H groups in total. The van der Waals surface area contributed by atoms with Crippen LogP contribution in [0.5, 0.6) is 0 Å². The molecule has 1 aromatic carbocycles. The summed E-state index contributed by atoms with van der Waals surface area (Å²) in [5.74, 6) is -0.124. The molecule has 0 spiro atoms.